The number of sulfonamides is 1. The van der Waals surface area contributed by atoms with Crippen LogP contribution < -0.4 is 10.5 Å². The highest BCUT2D eigenvalue weighted by molar-refractivity contribution is 7.89. The summed E-state index contributed by atoms with van der Waals surface area (Å²) in [6.45, 7) is 0.314. The molecule has 1 amide bonds. The van der Waals surface area contributed by atoms with Crippen molar-refractivity contribution in [3.05, 3.63) is 29.8 Å². The molecule has 0 spiro atoms. The summed E-state index contributed by atoms with van der Waals surface area (Å²) in [5, 5.41) is 16.8. The Bertz CT molecular complexity index is 692. The highest BCUT2D eigenvalue weighted by Crippen LogP contribution is 2.30. The van der Waals surface area contributed by atoms with Crippen LogP contribution in [0, 0.1) is 11.8 Å². The van der Waals surface area contributed by atoms with Crippen molar-refractivity contribution < 1.29 is 23.1 Å². The molecule has 2 rings (SSSR count). The maximum Gasteiger partial charge on any atom is 0.306 e. The largest absolute Gasteiger partial charge is 0.481 e. The van der Waals surface area contributed by atoms with Crippen molar-refractivity contribution in [2.75, 3.05) is 0 Å². The van der Waals surface area contributed by atoms with Crippen molar-refractivity contribution in [3.63, 3.8) is 0 Å². The van der Waals surface area contributed by atoms with Crippen LogP contribution in [0.1, 0.15) is 37.7 Å². The molecule has 0 bridgehead atoms. The van der Waals surface area contributed by atoms with Crippen LogP contribution in [0.5, 0.6) is 0 Å². The van der Waals surface area contributed by atoms with Crippen molar-refractivity contribution in [1.82, 2.24) is 5.32 Å². The number of primary sulfonamides is 1. The average Bonchev–Trinajstić information content (AvgIpc) is 2.53. The van der Waals surface area contributed by atoms with E-state index in [1.54, 1.807) is 12.1 Å². The number of carboxylic acid groups (broad SMARTS) is 1. The minimum atomic E-state index is -3.71. The van der Waals surface area contributed by atoms with E-state index in [0.717, 1.165) is 18.4 Å². The number of rotatable bonds is 6. The van der Waals surface area contributed by atoms with Gasteiger partial charge in [-0.15, -0.1) is 0 Å². The van der Waals surface area contributed by atoms with Gasteiger partial charge in [0, 0.05) is 13.0 Å². The average molecular weight is 354 g/mol. The van der Waals surface area contributed by atoms with E-state index in [1.165, 1.54) is 12.1 Å². The van der Waals surface area contributed by atoms with Gasteiger partial charge in [0.15, 0.2) is 0 Å². The van der Waals surface area contributed by atoms with E-state index in [4.69, 9.17) is 10.2 Å². The van der Waals surface area contributed by atoms with Crippen molar-refractivity contribution in [2.24, 2.45) is 17.0 Å². The minimum Gasteiger partial charge on any atom is -0.481 e. The first-order valence-corrected chi connectivity index (χ1v) is 9.41. The van der Waals surface area contributed by atoms with Crippen LogP contribution >= 0.6 is 0 Å². The number of aliphatic carboxylic acids is 1. The molecule has 132 valence electrons. The molecule has 0 radical (unpaired) electrons. The third-order valence-electron chi connectivity index (χ3n) is 4.41. The molecule has 0 unspecified atom stereocenters. The first-order chi connectivity index (χ1) is 11.3. The number of nitrogens with one attached hydrogen (secondary N) is 1. The van der Waals surface area contributed by atoms with E-state index in [9.17, 15) is 18.0 Å². The molecule has 0 heterocycles. The zero-order valence-corrected chi connectivity index (χ0v) is 14.1. The van der Waals surface area contributed by atoms with Crippen LogP contribution in [0.3, 0.4) is 0 Å². The highest BCUT2D eigenvalue weighted by atomic mass is 32.2. The molecule has 7 nitrogen and oxygen atoms in total. The predicted octanol–water partition coefficient (Wildman–Crippen LogP) is 1.23. The second-order valence-corrected chi connectivity index (χ2v) is 7.79. The van der Waals surface area contributed by atoms with Gasteiger partial charge in [-0.3, -0.25) is 9.59 Å². The summed E-state index contributed by atoms with van der Waals surface area (Å²) in [4.78, 5) is 22.9. The van der Waals surface area contributed by atoms with Crippen LogP contribution in [0.15, 0.2) is 29.2 Å². The molecule has 0 aromatic heterocycles. The second-order valence-electron chi connectivity index (χ2n) is 6.23. The fraction of sp³-hybridized carbons (Fsp3) is 0.500. The van der Waals surface area contributed by atoms with Gasteiger partial charge >= 0.3 is 5.97 Å². The number of carbonyl (C=O) groups excluding carboxylic acids is 1. The van der Waals surface area contributed by atoms with Crippen LogP contribution in [0.25, 0.3) is 0 Å². The summed E-state index contributed by atoms with van der Waals surface area (Å²) >= 11 is 0. The van der Waals surface area contributed by atoms with Gasteiger partial charge in [-0.2, -0.15) is 0 Å². The number of benzene rings is 1. The Hall–Kier alpha value is -1.93. The van der Waals surface area contributed by atoms with Gasteiger partial charge in [0.2, 0.25) is 15.9 Å². The monoisotopic (exact) mass is 354 g/mol. The quantitative estimate of drug-likeness (QED) is 0.708. The Morgan fingerprint density at radius 2 is 1.71 bits per heavy atom. The first kappa shape index (κ1) is 18.4. The molecule has 1 aromatic carbocycles. The summed E-state index contributed by atoms with van der Waals surface area (Å²) in [6.07, 6.45) is 3.16. The fourth-order valence-electron chi connectivity index (χ4n) is 2.95. The first-order valence-electron chi connectivity index (χ1n) is 7.87. The lowest BCUT2D eigenvalue weighted by atomic mass is 9.80. The normalized spacial score (nSPS) is 21.2. The number of carboxylic acids is 1. The molecule has 1 saturated carbocycles. The fourth-order valence-corrected chi connectivity index (χ4v) is 3.46. The molecule has 1 fully saturated rings. The van der Waals surface area contributed by atoms with Gasteiger partial charge in [-0.1, -0.05) is 12.1 Å². The van der Waals surface area contributed by atoms with E-state index >= 15 is 0 Å². The molecule has 0 atom stereocenters. The topological polar surface area (TPSA) is 127 Å². The number of amides is 1. The van der Waals surface area contributed by atoms with Gasteiger partial charge in [0.05, 0.1) is 10.8 Å². The molecule has 4 N–H and O–H groups in total. The minimum absolute atomic E-state index is 0.0350. The summed E-state index contributed by atoms with van der Waals surface area (Å²) in [5.41, 5.74) is 0.783. The maximum atomic E-state index is 12.0. The van der Waals surface area contributed by atoms with E-state index in [0.29, 0.717) is 25.8 Å². The van der Waals surface area contributed by atoms with Crippen molar-refractivity contribution in [3.8, 4) is 0 Å². The Morgan fingerprint density at radius 1 is 1.12 bits per heavy atom. The van der Waals surface area contributed by atoms with E-state index in [-0.39, 0.29) is 22.6 Å². The molecular formula is C16H22N2O5S. The van der Waals surface area contributed by atoms with Crippen LogP contribution in [-0.2, 0) is 26.2 Å². The summed E-state index contributed by atoms with van der Waals surface area (Å²) in [6, 6.07) is 6.03. The molecule has 8 heteroatoms. The Balaban J connectivity index is 1.76. The van der Waals surface area contributed by atoms with Crippen LogP contribution in [-0.4, -0.2) is 25.4 Å². The van der Waals surface area contributed by atoms with Crippen LogP contribution in [0.4, 0.5) is 0 Å². The zero-order chi connectivity index (χ0) is 17.7. The Morgan fingerprint density at radius 3 is 2.21 bits per heavy atom. The predicted molar refractivity (Wildman–Crippen MR) is 87.4 cm³/mol. The summed E-state index contributed by atoms with van der Waals surface area (Å²) < 4.78 is 22.3. The maximum absolute atomic E-state index is 12.0. The molecule has 0 aliphatic heterocycles. The summed E-state index contributed by atoms with van der Waals surface area (Å²) in [5.74, 6) is -0.878. The molecule has 0 saturated heterocycles. The second kappa shape index (κ2) is 7.76. The van der Waals surface area contributed by atoms with E-state index in [1.807, 2.05) is 0 Å². The lowest BCUT2D eigenvalue weighted by Crippen LogP contribution is -2.28. The van der Waals surface area contributed by atoms with Crippen LogP contribution in [0.2, 0.25) is 0 Å². The zero-order valence-electron chi connectivity index (χ0n) is 13.3. The third kappa shape index (κ3) is 5.31. The van der Waals surface area contributed by atoms with Gasteiger partial charge in [0.1, 0.15) is 0 Å². The van der Waals surface area contributed by atoms with Crippen molar-refractivity contribution >= 4 is 21.9 Å². The van der Waals surface area contributed by atoms with Crippen molar-refractivity contribution in [1.29, 1.82) is 0 Å². The van der Waals surface area contributed by atoms with Gasteiger partial charge in [-0.05, 0) is 49.3 Å². The van der Waals surface area contributed by atoms with Gasteiger partial charge in [0.25, 0.3) is 0 Å². The third-order valence-corrected chi connectivity index (χ3v) is 5.34. The Labute approximate surface area is 141 Å². The van der Waals surface area contributed by atoms with E-state index < -0.39 is 16.0 Å². The standard InChI is InChI=1S/C16H22N2O5S/c17-24(22,23)14-7-3-12(4-8-14)10-18-15(19)9-11-1-5-13(6-2-11)16(20)21/h3-4,7-8,11,13H,1-2,5-6,9-10H2,(H,18,19)(H,20,21)(H2,17,22,23). The summed E-state index contributed by atoms with van der Waals surface area (Å²) in [7, 11) is -3.71. The number of hydrogen-bond donors (Lipinski definition) is 3. The number of hydrogen-bond acceptors (Lipinski definition) is 4. The van der Waals surface area contributed by atoms with Crippen molar-refractivity contribution in [2.45, 2.75) is 43.5 Å². The Kier molecular flexibility index (Phi) is 5.95. The number of nitrogens with two attached hydrogens (primary N) is 1. The molecular weight excluding hydrogens is 332 g/mol. The molecule has 1 aliphatic rings. The van der Waals surface area contributed by atoms with Gasteiger partial charge < -0.3 is 10.4 Å². The lowest BCUT2D eigenvalue weighted by Gasteiger charge is -2.25. The smallest absolute Gasteiger partial charge is 0.306 e. The highest BCUT2D eigenvalue weighted by Gasteiger charge is 2.26. The molecule has 24 heavy (non-hydrogen) atoms. The molecule has 1 aromatic rings. The SMILES string of the molecule is NS(=O)(=O)c1ccc(CNC(=O)CC2CCC(C(=O)O)CC2)cc1. The van der Waals surface area contributed by atoms with Gasteiger partial charge in [-0.25, -0.2) is 13.6 Å². The van der Waals surface area contributed by atoms with E-state index in [2.05, 4.69) is 5.32 Å². The molecule has 1 aliphatic carbocycles. The lowest BCUT2D eigenvalue weighted by molar-refractivity contribution is -0.143. The number of carbonyl (C=O) groups is 2.